The van der Waals surface area contributed by atoms with E-state index in [4.69, 9.17) is 11.0 Å². The highest BCUT2D eigenvalue weighted by molar-refractivity contribution is 5.63. The van der Waals surface area contributed by atoms with Crippen LogP contribution in [0.4, 0.5) is 5.82 Å². The highest BCUT2D eigenvalue weighted by Gasteiger charge is 2.00. The number of nitrogen functional groups attached to an aromatic ring is 1. The van der Waals surface area contributed by atoms with Crippen molar-refractivity contribution in [2.45, 2.75) is 0 Å². The van der Waals surface area contributed by atoms with Crippen molar-refractivity contribution in [2.75, 3.05) is 5.73 Å². The fraction of sp³-hybridized carbons (Fsp3) is 0. The first kappa shape index (κ1) is 9.16. The predicted molar refractivity (Wildman–Crippen MR) is 56.6 cm³/mol. The summed E-state index contributed by atoms with van der Waals surface area (Å²) < 4.78 is 0. The molecular formula is C11H8N4. The lowest BCUT2D eigenvalue weighted by Crippen LogP contribution is -1.91. The molecule has 0 radical (unpaired) electrons. The fourth-order valence-electron chi connectivity index (χ4n) is 1.27. The van der Waals surface area contributed by atoms with Crippen LogP contribution in [0.2, 0.25) is 0 Å². The van der Waals surface area contributed by atoms with Crippen molar-refractivity contribution >= 4 is 5.82 Å². The molecule has 0 amide bonds. The van der Waals surface area contributed by atoms with E-state index >= 15 is 0 Å². The van der Waals surface area contributed by atoms with Gasteiger partial charge in [-0.3, -0.25) is 4.98 Å². The molecule has 0 aliphatic heterocycles. The van der Waals surface area contributed by atoms with Gasteiger partial charge < -0.3 is 5.73 Å². The van der Waals surface area contributed by atoms with Gasteiger partial charge in [-0.1, -0.05) is 0 Å². The van der Waals surface area contributed by atoms with Crippen LogP contribution in [0.15, 0.2) is 36.7 Å². The zero-order valence-corrected chi connectivity index (χ0v) is 7.88. The van der Waals surface area contributed by atoms with Crippen molar-refractivity contribution in [3.05, 3.63) is 42.2 Å². The number of hydrogen-bond donors (Lipinski definition) is 1. The highest BCUT2D eigenvalue weighted by atomic mass is 14.8. The van der Waals surface area contributed by atoms with Gasteiger partial charge in [0.1, 0.15) is 5.82 Å². The number of rotatable bonds is 1. The summed E-state index contributed by atoms with van der Waals surface area (Å²) in [6.07, 6.45) is 3.22. The van der Waals surface area contributed by atoms with E-state index in [2.05, 4.69) is 16.0 Å². The second kappa shape index (κ2) is 3.76. The van der Waals surface area contributed by atoms with Gasteiger partial charge in [0.2, 0.25) is 0 Å². The van der Waals surface area contributed by atoms with Crippen LogP contribution in [0.3, 0.4) is 0 Å². The van der Waals surface area contributed by atoms with Gasteiger partial charge in [-0.25, -0.2) is 4.98 Å². The van der Waals surface area contributed by atoms with Gasteiger partial charge in [0, 0.05) is 18.0 Å². The lowest BCUT2D eigenvalue weighted by atomic mass is 10.1. The third-order valence-electron chi connectivity index (χ3n) is 1.97. The molecule has 0 unspecified atom stereocenters. The van der Waals surface area contributed by atoms with Crippen molar-refractivity contribution in [1.82, 2.24) is 9.97 Å². The number of pyridine rings is 2. The van der Waals surface area contributed by atoms with E-state index in [1.54, 1.807) is 36.7 Å². The Balaban J connectivity index is 2.50. The number of hydrogen-bond acceptors (Lipinski definition) is 4. The van der Waals surface area contributed by atoms with Gasteiger partial charge >= 0.3 is 0 Å². The fourth-order valence-corrected chi connectivity index (χ4v) is 1.27. The number of nitriles is 1. The van der Waals surface area contributed by atoms with Crippen LogP contribution in [0.1, 0.15) is 5.56 Å². The van der Waals surface area contributed by atoms with Crippen molar-refractivity contribution in [3.8, 4) is 17.3 Å². The standard InChI is InChI=1S/C11H8N4/c12-7-8-1-3-14-10(5-8)9-2-4-15-11(13)6-9/h1-6H,(H2,13,15). The Hall–Kier alpha value is -2.41. The molecule has 0 aliphatic carbocycles. The molecule has 2 aromatic rings. The molecule has 15 heavy (non-hydrogen) atoms. The average molecular weight is 196 g/mol. The Morgan fingerprint density at radius 3 is 2.67 bits per heavy atom. The molecular weight excluding hydrogens is 188 g/mol. The SMILES string of the molecule is N#Cc1ccnc(-c2ccnc(N)c2)c1. The quantitative estimate of drug-likeness (QED) is 0.751. The van der Waals surface area contributed by atoms with Crippen LogP contribution in [-0.4, -0.2) is 9.97 Å². The zero-order chi connectivity index (χ0) is 10.7. The van der Waals surface area contributed by atoms with E-state index < -0.39 is 0 Å². The molecule has 2 aromatic heterocycles. The maximum absolute atomic E-state index is 8.75. The van der Waals surface area contributed by atoms with E-state index in [1.165, 1.54) is 0 Å². The Bertz CT molecular complexity index is 528. The normalized spacial score (nSPS) is 9.53. The van der Waals surface area contributed by atoms with E-state index in [0.29, 0.717) is 11.4 Å². The maximum Gasteiger partial charge on any atom is 0.123 e. The number of anilines is 1. The first-order valence-electron chi connectivity index (χ1n) is 4.37. The second-order valence-corrected chi connectivity index (χ2v) is 3.01. The first-order chi connectivity index (χ1) is 7.29. The molecule has 2 N–H and O–H groups in total. The summed E-state index contributed by atoms with van der Waals surface area (Å²) in [5, 5.41) is 8.75. The van der Waals surface area contributed by atoms with E-state index in [0.717, 1.165) is 11.3 Å². The summed E-state index contributed by atoms with van der Waals surface area (Å²) in [5.41, 5.74) is 7.73. The molecule has 0 atom stereocenters. The van der Waals surface area contributed by atoms with Crippen LogP contribution in [-0.2, 0) is 0 Å². The van der Waals surface area contributed by atoms with Gasteiger partial charge in [-0.15, -0.1) is 0 Å². The second-order valence-electron chi connectivity index (χ2n) is 3.01. The lowest BCUT2D eigenvalue weighted by Gasteiger charge is -2.01. The highest BCUT2D eigenvalue weighted by Crippen LogP contribution is 2.18. The predicted octanol–water partition coefficient (Wildman–Crippen LogP) is 1.60. The minimum absolute atomic E-state index is 0.441. The van der Waals surface area contributed by atoms with Gasteiger partial charge in [-0.05, 0) is 24.3 Å². The summed E-state index contributed by atoms with van der Waals surface area (Å²) >= 11 is 0. The van der Waals surface area contributed by atoms with Crippen LogP contribution < -0.4 is 5.73 Å². The molecule has 72 valence electrons. The Morgan fingerprint density at radius 2 is 1.93 bits per heavy atom. The van der Waals surface area contributed by atoms with Gasteiger partial charge in [0.05, 0.1) is 17.3 Å². The average Bonchev–Trinajstić information content (AvgIpc) is 2.29. The summed E-state index contributed by atoms with van der Waals surface area (Å²) in [6.45, 7) is 0. The zero-order valence-electron chi connectivity index (χ0n) is 7.88. The number of aromatic nitrogens is 2. The summed E-state index contributed by atoms with van der Waals surface area (Å²) in [7, 11) is 0. The number of nitrogens with two attached hydrogens (primary N) is 1. The summed E-state index contributed by atoms with van der Waals surface area (Å²) in [6, 6.07) is 8.97. The molecule has 4 nitrogen and oxygen atoms in total. The monoisotopic (exact) mass is 196 g/mol. The lowest BCUT2D eigenvalue weighted by molar-refractivity contribution is 1.28. The van der Waals surface area contributed by atoms with Crippen molar-refractivity contribution < 1.29 is 0 Å². The molecule has 2 rings (SSSR count). The summed E-state index contributed by atoms with van der Waals surface area (Å²) in [5.74, 6) is 0.441. The minimum atomic E-state index is 0.441. The van der Waals surface area contributed by atoms with Crippen LogP contribution in [0.25, 0.3) is 11.3 Å². The van der Waals surface area contributed by atoms with Crippen molar-refractivity contribution in [1.29, 1.82) is 5.26 Å². The molecule has 0 spiro atoms. The smallest absolute Gasteiger partial charge is 0.123 e. The molecule has 4 heteroatoms. The third-order valence-corrected chi connectivity index (χ3v) is 1.97. The molecule has 0 saturated heterocycles. The Morgan fingerprint density at radius 1 is 1.13 bits per heavy atom. The first-order valence-corrected chi connectivity index (χ1v) is 4.37. The van der Waals surface area contributed by atoms with Crippen LogP contribution >= 0.6 is 0 Å². The van der Waals surface area contributed by atoms with E-state index in [1.807, 2.05) is 0 Å². The summed E-state index contributed by atoms with van der Waals surface area (Å²) in [4.78, 5) is 8.06. The van der Waals surface area contributed by atoms with E-state index in [-0.39, 0.29) is 0 Å². The largest absolute Gasteiger partial charge is 0.384 e. The molecule has 0 saturated carbocycles. The van der Waals surface area contributed by atoms with Crippen LogP contribution in [0.5, 0.6) is 0 Å². The maximum atomic E-state index is 8.75. The molecule has 0 aliphatic rings. The molecule has 2 heterocycles. The van der Waals surface area contributed by atoms with Crippen LogP contribution in [0, 0.1) is 11.3 Å². The topological polar surface area (TPSA) is 75.6 Å². The van der Waals surface area contributed by atoms with Gasteiger partial charge in [0.15, 0.2) is 0 Å². The van der Waals surface area contributed by atoms with E-state index in [9.17, 15) is 0 Å². The molecule has 0 aromatic carbocycles. The number of nitrogens with zero attached hydrogens (tertiary/aromatic N) is 3. The molecule has 0 bridgehead atoms. The Labute approximate surface area is 87.0 Å². The van der Waals surface area contributed by atoms with Gasteiger partial charge in [0.25, 0.3) is 0 Å². The van der Waals surface area contributed by atoms with Crippen molar-refractivity contribution in [2.24, 2.45) is 0 Å². The third kappa shape index (κ3) is 1.92. The van der Waals surface area contributed by atoms with Gasteiger partial charge in [-0.2, -0.15) is 5.26 Å². The van der Waals surface area contributed by atoms with Crippen molar-refractivity contribution in [3.63, 3.8) is 0 Å². The molecule has 0 fully saturated rings. The minimum Gasteiger partial charge on any atom is -0.384 e. The Kier molecular flexibility index (Phi) is 2.30.